The molecule has 734 valence electrons. The van der Waals surface area contributed by atoms with Crippen LogP contribution in [0, 0.1) is 39.9 Å². The number of rotatable bonds is 62. The van der Waals surface area contributed by atoms with Gasteiger partial charge in [0.15, 0.2) is 17.9 Å². The first-order valence-corrected chi connectivity index (χ1v) is 44.7. The van der Waals surface area contributed by atoms with Gasteiger partial charge >= 0.3 is 5.97 Å². The second-order valence-electron chi connectivity index (χ2n) is 33.2. The molecular weight excluding hydrogens is 1750 g/mol. The van der Waals surface area contributed by atoms with E-state index >= 15 is 19.2 Å². The van der Waals surface area contributed by atoms with Crippen molar-refractivity contribution in [1.82, 2.24) is 110 Å². The predicted molar refractivity (Wildman–Crippen MR) is 493 cm³/mol. The van der Waals surface area contributed by atoms with Gasteiger partial charge in [-0.05, 0) is 92.6 Å². The molecule has 47 nitrogen and oxygen atoms in total. The van der Waals surface area contributed by atoms with Crippen LogP contribution in [0.25, 0.3) is 0 Å². The van der Waals surface area contributed by atoms with Gasteiger partial charge in [-0.2, -0.15) is 12.6 Å². The smallest absolute Gasteiger partial charge is 0.326 e. The number of amides is 15. The van der Waals surface area contributed by atoms with Crippen molar-refractivity contribution in [2.24, 2.45) is 52.3 Å². The first kappa shape index (κ1) is 112. The number of carbonyl (C=O) groups excluding carboxylic acids is 15. The largest absolute Gasteiger partial charge is 0.480 e. The third-order valence-electron chi connectivity index (χ3n) is 21.3. The van der Waals surface area contributed by atoms with Crippen molar-refractivity contribution in [3.05, 3.63) is 108 Å². The molecule has 2 aromatic carbocycles. The number of primary amides is 1. The SMILES string of the molecule is CC[C@H](C)[C@H](NC(=O)[C@H](CCCNC(=N)N)NC(=O)[C@H](Cc1ccccc1)NC(=O)[C@H](Cc1cnc[nH]1)NC(=O)[C@@H](NC(=O)[C@H](Cc1ccccc1)NC(=O)[C@H](CC(C)C)NC(=O)[C@H](CC(C)C)NC(=O)[C@@H](N)CCC(N)=O)[C@@H](C)CC)C(=O)NCC(=O)N[C@@H](CS)C(=O)N[C@@H](CCCNC(=N)N)C(=O)N[C@@H](Cc1cnc[nH]1)C(=O)N[C@@H](CO)C(=O)N[C@@H](CCCNC(=N)N)C(=O)O. The summed E-state index contributed by atoms with van der Waals surface area (Å²) in [6.45, 7) is 12.2. The maximum Gasteiger partial charge on any atom is 0.326 e. The molecule has 4 aromatic rings. The van der Waals surface area contributed by atoms with E-state index in [1.807, 2.05) is 27.7 Å². The molecule has 16 atom stereocenters. The number of guanidine groups is 3. The maximum atomic E-state index is 15.2. The molecule has 2 aromatic heterocycles. The van der Waals surface area contributed by atoms with Crippen LogP contribution in [0.5, 0.6) is 0 Å². The summed E-state index contributed by atoms with van der Waals surface area (Å²) in [5, 5.41) is 87.1. The molecule has 0 unspecified atom stereocenters. The zero-order valence-corrected chi connectivity index (χ0v) is 77.1. The molecule has 0 aliphatic carbocycles. The van der Waals surface area contributed by atoms with E-state index in [0.717, 1.165) is 0 Å². The van der Waals surface area contributed by atoms with Crippen molar-refractivity contribution >= 4 is 125 Å². The van der Waals surface area contributed by atoms with Crippen LogP contribution in [-0.2, 0) is 102 Å². The Balaban J connectivity index is 1.62. The number of nitrogens with zero attached hydrogens (tertiary/aromatic N) is 2. The Morgan fingerprint density at radius 1 is 0.398 bits per heavy atom. The van der Waals surface area contributed by atoms with Crippen LogP contribution in [0.4, 0.5) is 0 Å². The van der Waals surface area contributed by atoms with Crippen LogP contribution in [0.1, 0.15) is 155 Å². The number of nitrogens with one attached hydrogen (secondary N) is 22. The van der Waals surface area contributed by atoms with E-state index < -0.39 is 222 Å². The predicted octanol–water partition coefficient (Wildman–Crippen LogP) is -5.60. The molecule has 4 rings (SSSR count). The van der Waals surface area contributed by atoms with E-state index in [-0.39, 0.29) is 146 Å². The highest BCUT2D eigenvalue weighted by Gasteiger charge is 2.40. The number of imidazole rings is 2. The van der Waals surface area contributed by atoms with Crippen LogP contribution >= 0.6 is 12.6 Å². The van der Waals surface area contributed by atoms with E-state index in [4.69, 9.17) is 44.9 Å². The number of nitrogens with two attached hydrogens (primary N) is 5. The summed E-state index contributed by atoms with van der Waals surface area (Å²) in [7, 11) is 0. The molecule has 0 saturated carbocycles. The zero-order valence-electron chi connectivity index (χ0n) is 76.2. The second-order valence-corrected chi connectivity index (χ2v) is 33.5. The van der Waals surface area contributed by atoms with E-state index in [1.165, 1.54) is 25.0 Å². The summed E-state index contributed by atoms with van der Waals surface area (Å²) in [4.78, 5) is 239. The van der Waals surface area contributed by atoms with Gasteiger partial charge in [-0.3, -0.25) is 88.1 Å². The Bertz CT molecular complexity index is 4480. The van der Waals surface area contributed by atoms with Crippen molar-refractivity contribution in [3.63, 3.8) is 0 Å². The number of thiol groups is 1. The lowest BCUT2D eigenvalue weighted by Gasteiger charge is -2.30. The normalized spacial score (nSPS) is 14.7. The molecule has 0 spiro atoms. The number of carbonyl (C=O) groups is 16. The molecule has 0 aliphatic rings. The van der Waals surface area contributed by atoms with Gasteiger partial charge in [0.1, 0.15) is 78.5 Å². The van der Waals surface area contributed by atoms with Gasteiger partial charge in [-0.15, -0.1) is 0 Å². The van der Waals surface area contributed by atoms with Gasteiger partial charge in [0.25, 0.3) is 0 Å². The molecular formula is C85H135N29O18S. The first-order valence-electron chi connectivity index (χ1n) is 44.0. The highest BCUT2D eigenvalue weighted by Crippen LogP contribution is 2.18. The number of carboxylic acid groups (broad SMARTS) is 1. The van der Waals surface area contributed by atoms with Crippen molar-refractivity contribution in [1.29, 1.82) is 16.2 Å². The van der Waals surface area contributed by atoms with Crippen molar-refractivity contribution < 1.29 is 86.9 Å². The zero-order chi connectivity index (χ0) is 99.0. The van der Waals surface area contributed by atoms with Crippen LogP contribution < -0.4 is 119 Å². The molecule has 0 aliphatic heterocycles. The van der Waals surface area contributed by atoms with Gasteiger partial charge in [-0.1, -0.05) is 129 Å². The van der Waals surface area contributed by atoms with E-state index in [9.17, 15) is 67.7 Å². The lowest BCUT2D eigenvalue weighted by Crippen LogP contribution is -2.62. The molecule has 0 bridgehead atoms. The van der Waals surface area contributed by atoms with E-state index in [2.05, 4.69) is 123 Å². The van der Waals surface area contributed by atoms with Crippen LogP contribution in [0.2, 0.25) is 0 Å². The van der Waals surface area contributed by atoms with E-state index in [0.29, 0.717) is 16.8 Å². The number of aromatic nitrogens is 4. The fourth-order valence-corrected chi connectivity index (χ4v) is 13.8. The third-order valence-corrected chi connectivity index (χ3v) is 21.6. The fraction of sp³-hybridized carbons (Fsp3) is 0.565. The maximum absolute atomic E-state index is 15.2. The van der Waals surface area contributed by atoms with Crippen molar-refractivity contribution in [2.75, 3.05) is 38.5 Å². The Hall–Kier alpha value is -13.5. The highest BCUT2D eigenvalue weighted by molar-refractivity contribution is 7.80. The van der Waals surface area contributed by atoms with Gasteiger partial charge in [-0.25, -0.2) is 14.8 Å². The summed E-state index contributed by atoms with van der Waals surface area (Å²) >= 11 is 4.28. The number of hydrogen-bond donors (Lipinski definition) is 30. The topological polar surface area (TPSA) is 777 Å². The molecule has 0 radical (unpaired) electrons. The second kappa shape index (κ2) is 59.0. The van der Waals surface area contributed by atoms with Gasteiger partial charge in [0, 0.05) is 81.3 Å². The number of aliphatic carboxylic acids is 1. The monoisotopic (exact) mass is 1880 g/mol. The Morgan fingerprint density at radius 2 is 0.729 bits per heavy atom. The molecule has 2 heterocycles. The summed E-state index contributed by atoms with van der Waals surface area (Å²) in [5.41, 5.74) is 29.5. The van der Waals surface area contributed by atoms with Crippen LogP contribution in [0.15, 0.2) is 85.7 Å². The quantitative estimate of drug-likeness (QED) is 0.00848. The van der Waals surface area contributed by atoms with Crippen LogP contribution in [0.3, 0.4) is 0 Å². The summed E-state index contributed by atoms with van der Waals surface area (Å²) in [5.74, 6) is -18.3. The van der Waals surface area contributed by atoms with Crippen molar-refractivity contribution in [3.8, 4) is 0 Å². The van der Waals surface area contributed by atoms with Crippen molar-refractivity contribution in [2.45, 2.75) is 243 Å². The standard InChI is InChI=1S/C85H135N29O18S/c1-9-47(7)67(80(129)99-40-66(117)102-64(42-133)79(128)104-54(24-17-29-96-83(88)89)70(119)110-61(36-51-38-94-43-100-51)76(125)112-63(41-115)78(127)105-56(82(131)132)26-19-31-98-85(92)93)113-71(120)55(25-18-30-97-84(90)91)103-74(123)59(34-49-20-13-11-14-21-49)108-75(124)62(37-52-39-95-44-101-52)111-81(130)68(48(8)10-2)114-77(126)60(35-50-22-15-12-16-23-50)109-73(122)58(33-46(5)6)107-72(121)57(32-45(3)4)106-69(118)53(86)27-28-65(87)116/h11-16,20-23,38-39,43-48,53-64,67-68,115,133H,9-10,17-19,24-37,40-42,86H2,1-8H3,(H2,87,116)(H,94,100)(H,95,101)(H,99,129)(H,102,117)(H,103,123)(H,104,128)(H,105,127)(H,106,118)(H,107,121)(H,108,124)(H,109,122)(H,110,119)(H,111,130)(H,112,125)(H,113,120)(H,114,126)(H,131,132)(H4,88,89,96)(H4,90,91,97)(H4,92,93,98)/t47-,48-,53-,54-,55-,56-,57-,58-,59-,60-,61-,62-,63-,64-,67-,68-/m0/s1. The number of benzene rings is 2. The van der Waals surface area contributed by atoms with Crippen LogP contribution in [-0.4, -0.2) is 266 Å². The Kier molecular flexibility index (Phi) is 49.6. The molecule has 34 N–H and O–H groups in total. The first-order chi connectivity index (χ1) is 63.1. The minimum absolute atomic E-state index is 0.0000882. The number of hydrogen-bond acceptors (Lipinski definition) is 24. The average molecular weight is 1880 g/mol. The summed E-state index contributed by atoms with van der Waals surface area (Å²) < 4.78 is 0. The minimum Gasteiger partial charge on any atom is -0.480 e. The highest BCUT2D eigenvalue weighted by atomic mass is 32.1. The summed E-state index contributed by atoms with van der Waals surface area (Å²) in [6.07, 6.45) is 4.48. The third kappa shape index (κ3) is 42.1. The Labute approximate surface area is 776 Å². The number of aliphatic hydroxyl groups is 1. The van der Waals surface area contributed by atoms with Gasteiger partial charge in [0.2, 0.25) is 88.6 Å². The fourth-order valence-electron chi connectivity index (χ4n) is 13.5. The Morgan fingerprint density at radius 3 is 1.11 bits per heavy atom. The minimum atomic E-state index is -1.76. The molecule has 0 saturated heterocycles. The molecule has 133 heavy (non-hydrogen) atoms. The van der Waals surface area contributed by atoms with E-state index in [1.54, 1.807) is 88.4 Å². The number of H-pyrrole nitrogens is 2. The average Bonchev–Trinajstić information content (AvgIpc) is 1.25. The molecule has 48 heteroatoms. The lowest BCUT2D eigenvalue weighted by molar-refractivity contribution is -0.143. The number of aliphatic hydroxyl groups excluding tert-OH is 1. The van der Waals surface area contributed by atoms with Gasteiger partial charge < -0.3 is 139 Å². The lowest BCUT2D eigenvalue weighted by atomic mass is 9.96. The number of aromatic amines is 2. The molecule has 15 amide bonds. The number of carboxylic acids is 1. The molecule has 0 fully saturated rings. The summed E-state index contributed by atoms with van der Waals surface area (Å²) in [6, 6.07) is -3.44. The van der Waals surface area contributed by atoms with Gasteiger partial charge in [0.05, 0.1) is 31.8 Å².